The van der Waals surface area contributed by atoms with Crippen LogP contribution in [0, 0.1) is 0 Å². The summed E-state index contributed by atoms with van der Waals surface area (Å²) in [6.07, 6.45) is 40.8. The lowest BCUT2D eigenvalue weighted by Gasteiger charge is -2.21. The number of hydrogen-bond donors (Lipinski definition) is 8. The topological polar surface area (TPSA) is 443 Å². The average Bonchev–Trinajstić information content (AvgIpc) is 0.953. The van der Waals surface area contributed by atoms with Gasteiger partial charge in [0.15, 0.2) is 0 Å². The Morgan fingerprint density at radius 2 is 0.488 bits per heavy atom. The van der Waals surface area contributed by atoms with E-state index in [1.165, 1.54) is 28.6 Å². The van der Waals surface area contributed by atoms with Crippen molar-refractivity contribution in [3.05, 3.63) is 175 Å². The zero-order chi connectivity index (χ0) is 94.4. The number of amides is 6. The monoisotopic (exact) mass is 1840 g/mol. The number of ether oxygens (including phenoxy) is 2. The molecule has 1 unspecified atom stereocenters. The van der Waals surface area contributed by atoms with Crippen LogP contribution in [-0.4, -0.2) is 255 Å². The van der Waals surface area contributed by atoms with E-state index in [0.717, 1.165) is 154 Å². The van der Waals surface area contributed by atoms with Crippen molar-refractivity contribution >= 4 is 74.3 Å². The number of phosphoric acid groups is 4. The summed E-state index contributed by atoms with van der Waals surface area (Å²) < 4.78 is 92.2. The van der Waals surface area contributed by atoms with Crippen LogP contribution >= 0.6 is 38.9 Å². The van der Waals surface area contributed by atoms with Crippen LogP contribution in [0.25, 0.3) is 0 Å². The van der Waals surface area contributed by atoms with Crippen molar-refractivity contribution in [2.75, 3.05) is 151 Å². The number of carbonyl (C=O) groups excluding carboxylic acids is 6. The van der Waals surface area contributed by atoms with Crippen LogP contribution in [0.3, 0.4) is 0 Å². The van der Waals surface area contributed by atoms with Gasteiger partial charge in [-0.05, 0) is 77.4 Å². The Hall–Kier alpha value is -6.31. The highest BCUT2D eigenvalue weighted by Crippen LogP contribution is 2.43. The predicted molar refractivity (Wildman–Crippen MR) is 488 cm³/mol. The molecule has 0 aliphatic rings. The van der Waals surface area contributed by atoms with E-state index in [1.54, 1.807) is 82.1 Å². The summed E-state index contributed by atoms with van der Waals surface area (Å²) in [6, 6.07) is 0. The Morgan fingerprint density at radius 3 is 0.707 bits per heavy atom. The van der Waals surface area contributed by atoms with Gasteiger partial charge in [0.2, 0.25) is 23.6 Å². The van der Waals surface area contributed by atoms with E-state index < -0.39 is 38.9 Å². The first-order chi connectivity index (χ1) is 58.0. The van der Waals surface area contributed by atoms with Crippen molar-refractivity contribution < 1.29 is 127 Å². The normalized spacial score (nSPS) is 11.5. The molecule has 0 aromatic carbocycles. The lowest BCUT2D eigenvalue weighted by atomic mass is 10.1. The second-order valence-corrected chi connectivity index (χ2v) is 35.1. The summed E-state index contributed by atoms with van der Waals surface area (Å²) in [6.45, 7) is 61.6. The highest BCUT2D eigenvalue weighted by Gasteiger charge is 2.23. The fraction of sp³-hybridized carbons (Fsp3) is 0.600. The molecule has 0 saturated heterocycles. The summed E-state index contributed by atoms with van der Waals surface area (Å²) in [5.74, 6) is -0.785. The van der Waals surface area contributed by atoms with E-state index >= 15 is 0 Å². The summed E-state index contributed by atoms with van der Waals surface area (Å²) in [5, 5.41) is 0. The van der Waals surface area contributed by atoms with E-state index in [-0.39, 0.29) is 106 Å². The molecule has 0 saturated carbocycles. The van der Waals surface area contributed by atoms with Gasteiger partial charge in [-0.15, -0.1) is 52.6 Å². The van der Waals surface area contributed by atoms with Gasteiger partial charge in [-0.3, -0.25) is 56.0 Å². The van der Waals surface area contributed by atoms with E-state index in [1.807, 2.05) is 0 Å². The maximum Gasteiger partial charge on any atom is 0.472 e. The van der Waals surface area contributed by atoms with Crippen molar-refractivity contribution in [2.45, 2.75) is 181 Å². The van der Waals surface area contributed by atoms with Gasteiger partial charge in [-0.1, -0.05) is 204 Å². The van der Waals surface area contributed by atoms with Crippen LogP contribution in [0.2, 0.25) is 0 Å². The average molecular weight is 1840 g/mol. The first-order valence-electron chi connectivity index (χ1n) is 41.4. The maximum absolute atomic E-state index is 12.3. The molecule has 33 nitrogen and oxygen atoms in total. The molecule has 0 spiro atoms. The smallest absolute Gasteiger partial charge is 0.374 e. The third-order valence-electron chi connectivity index (χ3n) is 16.7. The highest BCUT2D eigenvalue weighted by molar-refractivity contribution is 7.51. The lowest BCUT2D eigenvalue weighted by Crippen LogP contribution is -2.33. The van der Waals surface area contributed by atoms with Crippen molar-refractivity contribution in [1.82, 2.24) is 29.4 Å². The van der Waals surface area contributed by atoms with Crippen LogP contribution in [0.15, 0.2) is 175 Å². The molecule has 0 aliphatic heterocycles. The van der Waals surface area contributed by atoms with Crippen molar-refractivity contribution in [1.29, 1.82) is 0 Å². The molecule has 0 fully saturated rings. The molecule has 0 heterocycles. The number of carbonyl (C=O) groups is 6. The summed E-state index contributed by atoms with van der Waals surface area (Å²) in [5.41, 5.74) is 1.53. The Bertz CT molecular complexity index is 3270. The van der Waals surface area contributed by atoms with Crippen LogP contribution in [0.4, 0.5) is 0 Å². The van der Waals surface area contributed by atoms with Crippen LogP contribution < -0.4 is 0 Å². The minimum Gasteiger partial charge on any atom is -0.374 e. The van der Waals surface area contributed by atoms with E-state index in [9.17, 15) is 56.5 Å². The molecule has 0 radical (unpaired) electrons. The van der Waals surface area contributed by atoms with Gasteiger partial charge in [-0.2, -0.15) is 0 Å². The molecule has 38 heteroatoms. The number of nitrogens with zero attached hydrogens (tertiary/aromatic N) is 6. The molecule has 0 aromatic rings. The third-order valence-corrected chi connectivity index (χ3v) is 19.9. The van der Waals surface area contributed by atoms with Crippen LogP contribution in [-0.2, 0) is 88.2 Å². The maximum atomic E-state index is 12.3. The molecule has 123 heavy (non-hydrogen) atoms. The number of phosphoric ester groups is 4. The third kappa shape index (κ3) is 83.7. The lowest BCUT2D eigenvalue weighted by molar-refractivity contribution is -0.127. The quantitative estimate of drug-likeness (QED) is 0.0121. The van der Waals surface area contributed by atoms with Gasteiger partial charge >= 0.3 is 38.9 Å². The van der Waals surface area contributed by atoms with E-state index in [0.29, 0.717) is 109 Å². The Kier molecular flexibility index (Phi) is 81.7. The van der Waals surface area contributed by atoms with Crippen molar-refractivity contribution in [3.63, 3.8) is 0 Å². The minimum absolute atomic E-state index is 0.00185. The second-order valence-electron chi connectivity index (χ2n) is 28.0. The molecule has 0 aliphatic carbocycles. The number of unbranched alkanes of at least 4 members (excludes halogenated alkanes) is 22. The molecule has 0 rings (SSSR count). The first kappa shape index (κ1) is 125. The Balaban J connectivity index is -0.000000479. The second kappa shape index (κ2) is 80.3. The minimum atomic E-state index is -4.33. The van der Waals surface area contributed by atoms with Gasteiger partial charge in [0.25, 0.3) is 11.8 Å². The van der Waals surface area contributed by atoms with Gasteiger partial charge in [0.05, 0.1) is 66.1 Å². The fourth-order valence-electron chi connectivity index (χ4n) is 10.7. The van der Waals surface area contributed by atoms with Crippen LogP contribution in [0.1, 0.15) is 181 Å². The van der Waals surface area contributed by atoms with Gasteiger partial charge in [0.1, 0.15) is 0 Å². The van der Waals surface area contributed by atoms with E-state index in [4.69, 9.17) is 57.3 Å². The molecule has 708 valence electrons. The molecule has 8 N–H and O–H groups in total. The van der Waals surface area contributed by atoms with Gasteiger partial charge < -0.3 is 82.5 Å². The molecule has 0 bridgehead atoms. The molecular formula is C85H151N6O27P5. The van der Waals surface area contributed by atoms with Gasteiger partial charge in [-0.25, -0.2) is 18.3 Å². The Labute approximate surface area is 734 Å². The summed E-state index contributed by atoms with van der Waals surface area (Å²) in [7, 11) is -20.6. The zero-order valence-electron chi connectivity index (χ0n) is 73.9. The van der Waals surface area contributed by atoms with Crippen molar-refractivity contribution in [3.8, 4) is 0 Å². The molecule has 6 amide bonds. The molecule has 0 aromatic heterocycles. The predicted octanol–water partition coefficient (Wildman–Crippen LogP) is 15.5. The zero-order valence-corrected chi connectivity index (χ0v) is 78.3. The molecule has 1 atom stereocenters. The molecular weight excluding hydrogens is 1690 g/mol. The number of hydrogen-bond acceptors (Lipinski definition) is 19. The Morgan fingerprint density at radius 1 is 0.276 bits per heavy atom. The van der Waals surface area contributed by atoms with Gasteiger partial charge in [0, 0.05) is 107 Å². The highest BCUT2D eigenvalue weighted by atomic mass is 31.2. The number of rotatable bonds is 76. The van der Waals surface area contributed by atoms with Crippen LogP contribution in [0.5, 0.6) is 0 Å². The SMILES string of the molecule is C=CCN(CC=C)C(=O)C(=C)COCCOP(=O)(O)OCCOCC(=C)C(=O)N(CC=C)CC=C.C=CCN(CCCCCCCCCOP(=O)(O)O)C(=O)C=C.C=CCN(CCCCCCCCCOP(C)(=O)O)C(=O)C(=C)C.C=CCN(CCCCCCCCOP(=O)(O)O)C(=O)C(=C)C.C=CCN(CCCCCCCCOP(=O)(O)O)C(=O)C=C. The summed E-state index contributed by atoms with van der Waals surface area (Å²) >= 11 is 0. The standard InChI is InChI=1S/C24H37N2O8P.C17H32NO4P.2C15H28NO5P.C14H26NO5P/c1-7-11-25(12-8-2)23(27)21(5)19-31-15-17-33-35(29,30)34-18-16-32-20-22(6)24(28)26(13-9-3)14-10-4;1-5-13-18(17(19)16(2)3)14-11-9-7-6-8-10-12-15-22-23(4,20)21;1-4-11-16(15(17)14(2)3)12-9-7-5-6-8-10-13-21-22(18,19)20;1-3-12-16(15(17)4-2)13-10-8-6-5-7-9-11-14-21-22(18,19)20;1-3-11-15(14(16)4-2)12-9-7-5-6-8-10-13-20-21(17,18)19/h7-10H,1-6,11-20H2,(H,29,30);5H,1-2,6-15H2,3-4H3,(H,20,21);4H,1-2,5-13H2,3H3,(H2,18,19,20);3-4H,1-2,5-14H2,(H2,18,19,20);3-4H,1-2,5-13H2,(H2,17,18,19). The van der Waals surface area contributed by atoms with Crippen molar-refractivity contribution in [2.24, 2.45) is 0 Å². The summed E-state index contributed by atoms with van der Waals surface area (Å²) in [4.78, 5) is 151. The fourth-order valence-corrected chi connectivity index (χ4v) is 12.9. The van der Waals surface area contributed by atoms with E-state index in [2.05, 4.69) is 106 Å². The largest absolute Gasteiger partial charge is 0.472 e. The first-order valence-corrected chi connectivity index (χ1v) is 49.5.